The van der Waals surface area contributed by atoms with E-state index in [1.54, 1.807) is 30.6 Å². The topological polar surface area (TPSA) is 64.1 Å². The molecule has 0 aliphatic heterocycles. The van der Waals surface area contributed by atoms with Crippen molar-refractivity contribution in [2.45, 2.75) is 32.9 Å². The van der Waals surface area contributed by atoms with E-state index in [9.17, 15) is 4.79 Å². The predicted molar refractivity (Wildman–Crippen MR) is 81.0 cm³/mol. The average Bonchev–Trinajstić information content (AvgIpc) is 2.45. The average molecular weight is 285 g/mol. The molecule has 0 atom stereocenters. The summed E-state index contributed by atoms with van der Waals surface area (Å²) in [5.74, 6) is 0.266. The molecule has 5 nitrogen and oxygen atoms in total. The SMILES string of the molecule is CC(C)(C)OC(=O)c1ccc(CNc2ncccn2)cc1. The van der Waals surface area contributed by atoms with Gasteiger partial charge in [0.2, 0.25) is 5.95 Å². The van der Waals surface area contributed by atoms with Gasteiger partial charge in [0.25, 0.3) is 0 Å². The van der Waals surface area contributed by atoms with E-state index in [0.717, 1.165) is 5.56 Å². The standard InChI is InChI=1S/C16H19N3O2/c1-16(2,3)21-14(20)13-7-5-12(6-8-13)11-19-15-17-9-4-10-18-15/h4-10H,11H2,1-3H3,(H,17,18,19). The maximum absolute atomic E-state index is 11.9. The quantitative estimate of drug-likeness (QED) is 0.875. The Balaban J connectivity index is 1.94. The summed E-state index contributed by atoms with van der Waals surface area (Å²) in [5.41, 5.74) is 1.10. The molecule has 5 heteroatoms. The number of carbonyl (C=O) groups excluding carboxylic acids is 1. The number of esters is 1. The van der Waals surface area contributed by atoms with Crippen LogP contribution in [-0.4, -0.2) is 21.5 Å². The van der Waals surface area contributed by atoms with Crippen molar-refractivity contribution in [2.24, 2.45) is 0 Å². The minimum Gasteiger partial charge on any atom is -0.456 e. The summed E-state index contributed by atoms with van der Waals surface area (Å²) in [6, 6.07) is 9.05. The van der Waals surface area contributed by atoms with Crippen molar-refractivity contribution in [3.05, 3.63) is 53.9 Å². The fourth-order valence-corrected chi connectivity index (χ4v) is 1.67. The van der Waals surface area contributed by atoms with E-state index in [1.807, 2.05) is 32.9 Å². The minimum atomic E-state index is -0.484. The van der Waals surface area contributed by atoms with Crippen molar-refractivity contribution in [1.29, 1.82) is 0 Å². The van der Waals surface area contributed by atoms with E-state index in [-0.39, 0.29) is 5.97 Å². The van der Waals surface area contributed by atoms with Crippen LogP contribution < -0.4 is 5.32 Å². The molecule has 21 heavy (non-hydrogen) atoms. The van der Waals surface area contributed by atoms with Gasteiger partial charge in [-0.3, -0.25) is 0 Å². The highest BCUT2D eigenvalue weighted by Crippen LogP contribution is 2.13. The monoisotopic (exact) mass is 285 g/mol. The molecule has 0 amide bonds. The molecule has 0 aliphatic rings. The van der Waals surface area contributed by atoms with Gasteiger partial charge in [-0.15, -0.1) is 0 Å². The van der Waals surface area contributed by atoms with Crippen molar-refractivity contribution in [1.82, 2.24) is 9.97 Å². The summed E-state index contributed by atoms with van der Waals surface area (Å²) in [7, 11) is 0. The van der Waals surface area contributed by atoms with Gasteiger partial charge in [0.1, 0.15) is 5.60 Å². The zero-order valence-corrected chi connectivity index (χ0v) is 12.5. The first-order valence-corrected chi connectivity index (χ1v) is 6.77. The number of aromatic nitrogens is 2. The van der Waals surface area contributed by atoms with Crippen molar-refractivity contribution < 1.29 is 9.53 Å². The van der Waals surface area contributed by atoms with Gasteiger partial charge in [-0.1, -0.05) is 12.1 Å². The van der Waals surface area contributed by atoms with Gasteiger partial charge in [-0.25, -0.2) is 14.8 Å². The number of hydrogen-bond donors (Lipinski definition) is 1. The summed E-state index contributed by atoms with van der Waals surface area (Å²) in [6.07, 6.45) is 3.36. The Morgan fingerprint density at radius 1 is 1.14 bits per heavy atom. The van der Waals surface area contributed by atoms with Gasteiger partial charge in [0.15, 0.2) is 0 Å². The predicted octanol–water partition coefficient (Wildman–Crippen LogP) is 3.04. The molecule has 1 heterocycles. The van der Waals surface area contributed by atoms with Gasteiger partial charge >= 0.3 is 5.97 Å². The molecule has 0 aliphatic carbocycles. The second-order valence-electron chi connectivity index (χ2n) is 5.62. The summed E-state index contributed by atoms with van der Waals surface area (Å²) >= 11 is 0. The number of rotatable bonds is 4. The summed E-state index contributed by atoms with van der Waals surface area (Å²) in [5, 5.41) is 3.11. The van der Waals surface area contributed by atoms with Crippen LogP contribution >= 0.6 is 0 Å². The number of benzene rings is 1. The van der Waals surface area contributed by atoms with Crippen LogP contribution in [0, 0.1) is 0 Å². The zero-order chi connectivity index (χ0) is 15.3. The Labute approximate surface area is 124 Å². The second kappa shape index (κ2) is 6.35. The van der Waals surface area contributed by atoms with Crippen LogP contribution in [0.5, 0.6) is 0 Å². The Bertz CT molecular complexity index is 589. The highest BCUT2D eigenvalue weighted by atomic mass is 16.6. The maximum atomic E-state index is 11.9. The van der Waals surface area contributed by atoms with Gasteiger partial charge in [-0.05, 0) is 44.5 Å². The smallest absolute Gasteiger partial charge is 0.338 e. The lowest BCUT2D eigenvalue weighted by molar-refractivity contribution is 0.00695. The van der Waals surface area contributed by atoms with Crippen LogP contribution in [0.3, 0.4) is 0 Å². The van der Waals surface area contributed by atoms with E-state index in [1.165, 1.54) is 0 Å². The van der Waals surface area contributed by atoms with E-state index in [4.69, 9.17) is 4.74 Å². The highest BCUT2D eigenvalue weighted by Gasteiger charge is 2.17. The van der Waals surface area contributed by atoms with Crippen molar-refractivity contribution in [3.63, 3.8) is 0 Å². The summed E-state index contributed by atoms with van der Waals surface area (Å²) in [6.45, 7) is 6.15. The van der Waals surface area contributed by atoms with Gasteiger partial charge in [0.05, 0.1) is 5.56 Å². The van der Waals surface area contributed by atoms with Crippen molar-refractivity contribution in [2.75, 3.05) is 5.32 Å². The zero-order valence-electron chi connectivity index (χ0n) is 12.5. The van der Waals surface area contributed by atoms with Crippen LogP contribution in [0.25, 0.3) is 0 Å². The molecule has 0 saturated heterocycles. The maximum Gasteiger partial charge on any atom is 0.338 e. The Hall–Kier alpha value is -2.43. The number of nitrogens with zero attached hydrogens (tertiary/aromatic N) is 2. The first kappa shape index (κ1) is 15.0. The number of anilines is 1. The molecule has 1 aromatic heterocycles. The fraction of sp³-hybridized carbons (Fsp3) is 0.312. The molecular weight excluding hydrogens is 266 g/mol. The number of ether oxygens (including phenoxy) is 1. The normalized spacial score (nSPS) is 11.0. The molecule has 1 N–H and O–H groups in total. The summed E-state index contributed by atoms with van der Waals surface area (Å²) in [4.78, 5) is 20.1. The molecular formula is C16H19N3O2. The third-order valence-corrected chi connectivity index (χ3v) is 2.60. The lowest BCUT2D eigenvalue weighted by Gasteiger charge is -2.19. The van der Waals surface area contributed by atoms with E-state index < -0.39 is 5.60 Å². The van der Waals surface area contributed by atoms with E-state index >= 15 is 0 Å². The molecule has 2 aromatic rings. The van der Waals surface area contributed by atoms with Crippen molar-refractivity contribution in [3.8, 4) is 0 Å². The van der Waals surface area contributed by atoms with Crippen LogP contribution in [-0.2, 0) is 11.3 Å². The first-order chi connectivity index (χ1) is 9.94. The third-order valence-electron chi connectivity index (χ3n) is 2.60. The fourth-order valence-electron chi connectivity index (χ4n) is 1.67. The molecule has 0 spiro atoms. The lowest BCUT2D eigenvalue weighted by atomic mass is 10.1. The van der Waals surface area contributed by atoms with Gasteiger partial charge < -0.3 is 10.1 Å². The van der Waals surface area contributed by atoms with E-state index in [0.29, 0.717) is 18.1 Å². The first-order valence-electron chi connectivity index (χ1n) is 6.77. The second-order valence-corrected chi connectivity index (χ2v) is 5.62. The lowest BCUT2D eigenvalue weighted by Crippen LogP contribution is -2.23. The molecule has 2 rings (SSSR count). The Morgan fingerprint density at radius 2 is 1.76 bits per heavy atom. The van der Waals surface area contributed by atoms with Crippen LogP contribution in [0.15, 0.2) is 42.7 Å². The molecule has 0 saturated carbocycles. The number of hydrogen-bond acceptors (Lipinski definition) is 5. The molecule has 0 radical (unpaired) electrons. The molecule has 1 aromatic carbocycles. The van der Waals surface area contributed by atoms with Crippen LogP contribution in [0.2, 0.25) is 0 Å². The Kier molecular flexibility index (Phi) is 4.52. The molecule has 0 fully saturated rings. The van der Waals surface area contributed by atoms with Crippen LogP contribution in [0.4, 0.5) is 5.95 Å². The van der Waals surface area contributed by atoms with Gasteiger partial charge in [0, 0.05) is 18.9 Å². The highest BCUT2D eigenvalue weighted by molar-refractivity contribution is 5.89. The molecule has 0 unspecified atom stereocenters. The summed E-state index contributed by atoms with van der Waals surface area (Å²) < 4.78 is 5.32. The molecule has 0 bridgehead atoms. The minimum absolute atomic E-state index is 0.312. The molecule has 110 valence electrons. The largest absolute Gasteiger partial charge is 0.456 e. The van der Waals surface area contributed by atoms with Crippen LogP contribution in [0.1, 0.15) is 36.7 Å². The number of carbonyl (C=O) groups is 1. The van der Waals surface area contributed by atoms with Crippen molar-refractivity contribution >= 4 is 11.9 Å². The van der Waals surface area contributed by atoms with E-state index in [2.05, 4.69) is 15.3 Å². The van der Waals surface area contributed by atoms with Gasteiger partial charge in [-0.2, -0.15) is 0 Å². The Morgan fingerprint density at radius 3 is 2.33 bits per heavy atom. The number of nitrogens with one attached hydrogen (secondary N) is 1. The third kappa shape index (κ3) is 4.87.